The molecule has 0 aliphatic heterocycles. The third kappa shape index (κ3) is 4.08. The third-order valence-corrected chi connectivity index (χ3v) is 2.97. The number of hydrogen-bond donors (Lipinski definition) is 2. The summed E-state index contributed by atoms with van der Waals surface area (Å²) < 4.78 is 4.94. The van der Waals surface area contributed by atoms with Crippen molar-refractivity contribution in [1.29, 1.82) is 0 Å². The lowest BCUT2D eigenvalue weighted by Crippen LogP contribution is -2.48. The number of nitrogens with two attached hydrogens (primary N) is 1. The number of methoxy groups -OCH3 is 1. The van der Waals surface area contributed by atoms with Crippen LogP contribution in [0, 0.1) is 5.41 Å². The van der Waals surface area contributed by atoms with E-state index in [1.165, 1.54) is 0 Å². The first-order valence-corrected chi connectivity index (χ1v) is 5.65. The van der Waals surface area contributed by atoms with Crippen LogP contribution < -0.4 is 5.73 Å². The van der Waals surface area contributed by atoms with Crippen molar-refractivity contribution in [2.75, 3.05) is 40.0 Å². The number of carbonyl (C=O) groups is 1. The molecule has 0 aromatic rings. The Balaban J connectivity index is 4.57. The van der Waals surface area contributed by atoms with Crippen molar-refractivity contribution in [2.24, 2.45) is 11.1 Å². The van der Waals surface area contributed by atoms with Crippen LogP contribution in [0.25, 0.3) is 0 Å². The Hall–Kier alpha value is -0.650. The molecule has 0 spiro atoms. The normalized spacial score (nSPS) is 14.6. The van der Waals surface area contributed by atoms with E-state index in [-0.39, 0.29) is 12.5 Å². The molecule has 0 fully saturated rings. The Morgan fingerprint density at radius 1 is 1.50 bits per heavy atom. The summed E-state index contributed by atoms with van der Waals surface area (Å²) in [6.07, 6.45) is 0.692. The second kappa shape index (κ2) is 7.60. The van der Waals surface area contributed by atoms with E-state index in [0.29, 0.717) is 32.7 Å². The zero-order valence-corrected chi connectivity index (χ0v) is 10.5. The Bertz CT molecular complexity index is 205. The Kier molecular flexibility index (Phi) is 7.29. The summed E-state index contributed by atoms with van der Waals surface area (Å²) >= 11 is 0. The van der Waals surface area contributed by atoms with Gasteiger partial charge in [-0.25, -0.2) is 0 Å². The van der Waals surface area contributed by atoms with Gasteiger partial charge in [-0.15, -0.1) is 0 Å². The molecule has 0 aromatic heterocycles. The summed E-state index contributed by atoms with van der Waals surface area (Å²) in [5.41, 5.74) is 5.10. The molecule has 0 rings (SSSR count). The molecule has 5 heteroatoms. The zero-order chi connectivity index (χ0) is 12.6. The minimum absolute atomic E-state index is 0.0106. The van der Waals surface area contributed by atoms with E-state index in [1.54, 1.807) is 12.0 Å². The summed E-state index contributed by atoms with van der Waals surface area (Å²) in [4.78, 5) is 13.8. The lowest BCUT2D eigenvalue weighted by molar-refractivity contribution is -0.142. The van der Waals surface area contributed by atoms with Gasteiger partial charge in [0.2, 0.25) is 5.91 Å². The number of nitrogens with zero attached hydrogens (tertiary/aromatic N) is 1. The van der Waals surface area contributed by atoms with Crippen molar-refractivity contribution in [1.82, 2.24) is 4.90 Å². The molecule has 1 unspecified atom stereocenters. The summed E-state index contributed by atoms with van der Waals surface area (Å²) in [5, 5.41) is 8.93. The highest BCUT2D eigenvalue weighted by molar-refractivity contribution is 5.82. The molecule has 0 saturated heterocycles. The predicted molar refractivity (Wildman–Crippen MR) is 63.0 cm³/mol. The maximum atomic E-state index is 12.2. The molecule has 0 aliphatic carbocycles. The number of aliphatic hydroxyl groups is 1. The van der Waals surface area contributed by atoms with Gasteiger partial charge < -0.3 is 20.5 Å². The lowest BCUT2D eigenvalue weighted by Gasteiger charge is -2.32. The van der Waals surface area contributed by atoms with E-state index in [2.05, 4.69) is 0 Å². The van der Waals surface area contributed by atoms with Gasteiger partial charge in [-0.2, -0.15) is 0 Å². The van der Waals surface area contributed by atoms with Crippen LogP contribution in [0.1, 0.15) is 20.3 Å². The molecule has 96 valence electrons. The smallest absolute Gasteiger partial charge is 0.229 e. The van der Waals surface area contributed by atoms with Gasteiger partial charge >= 0.3 is 0 Å². The van der Waals surface area contributed by atoms with Crippen molar-refractivity contribution in [3.05, 3.63) is 0 Å². The molecule has 1 amide bonds. The van der Waals surface area contributed by atoms with Crippen molar-refractivity contribution in [3.8, 4) is 0 Å². The summed E-state index contributed by atoms with van der Waals surface area (Å²) in [6.45, 7) is 5.36. The van der Waals surface area contributed by atoms with E-state index in [1.807, 2.05) is 13.8 Å². The standard InChI is InChI=1S/C11H24N2O3/c1-4-11(2,9-12)10(15)13(5-7-14)6-8-16-3/h14H,4-9,12H2,1-3H3. The van der Waals surface area contributed by atoms with Gasteiger partial charge in [0.25, 0.3) is 0 Å². The van der Waals surface area contributed by atoms with Crippen molar-refractivity contribution in [3.63, 3.8) is 0 Å². The number of carbonyl (C=O) groups excluding carboxylic acids is 1. The lowest BCUT2D eigenvalue weighted by atomic mass is 9.86. The van der Waals surface area contributed by atoms with E-state index in [9.17, 15) is 4.79 Å². The molecule has 0 heterocycles. The highest BCUT2D eigenvalue weighted by atomic mass is 16.5. The Labute approximate surface area is 97.6 Å². The third-order valence-electron chi connectivity index (χ3n) is 2.97. The quantitative estimate of drug-likeness (QED) is 0.609. The Morgan fingerprint density at radius 2 is 2.12 bits per heavy atom. The molecule has 0 radical (unpaired) electrons. The molecule has 5 nitrogen and oxygen atoms in total. The maximum Gasteiger partial charge on any atom is 0.229 e. The van der Waals surface area contributed by atoms with Crippen molar-refractivity contribution in [2.45, 2.75) is 20.3 Å². The van der Waals surface area contributed by atoms with Crippen LogP contribution in [-0.4, -0.2) is 55.9 Å². The van der Waals surface area contributed by atoms with Crippen LogP contribution in [0.2, 0.25) is 0 Å². The molecular weight excluding hydrogens is 208 g/mol. The zero-order valence-electron chi connectivity index (χ0n) is 10.5. The summed E-state index contributed by atoms with van der Waals surface area (Å²) in [7, 11) is 1.59. The average molecular weight is 232 g/mol. The number of ether oxygens (including phenoxy) is 1. The minimum Gasteiger partial charge on any atom is -0.395 e. The van der Waals surface area contributed by atoms with Gasteiger partial charge in [0.15, 0.2) is 0 Å². The fourth-order valence-corrected chi connectivity index (χ4v) is 1.40. The van der Waals surface area contributed by atoms with Crippen LogP contribution in [-0.2, 0) is 9.53 Å². The van der Waals surface area contributed by atoms with Crippen molar-refractivity contribution < 1.29 is 14.6 Å². The van der Waals surface area contributed by atoms with E-state index < -0.39 is 5.41 Å². The molecule has 0 aromatic carbocycles. The number of aliphatic hydroxyl groups excluding tert-OH is 1. The number of hydrogen-bond acceptors (Lipinski definition) is 4. The SMILES string of the molecule is CCC(C)(CN)C(=O)N(CCO)CCOC. The molecule has 16 heavy (non-hydrogen) atoms. The number of amides is 1. The molecule has 1 atom stereocenters. The molecule has 0 bridgehead atoms. The highest BCUT2D eigenvalue weighted by Crippen LogP contribution is 2.22. The topological polar surface area (TPSA) is 75.8 Å². The fraction of sp³-hybridized carbons (Fsp3) is 0.909. The summed E-state index contributed by atoms with van der Waals surface area (Å²) in [6, 6.07) is 0. The van der Waals surface area contributed by atoms with Gasteiger partial charge in [0.1, 0.15) is 0 Å². The monoisotopic (exact) mass is 232 g/mol. The maximum absolute atomic E-state index is 12.2. The van der Waals surface area contributed by atoms with Crippen LogP contribution in [0.3, 0.4) is 0 Å². The van der Waals surface area contributed by atoms with Gasteiger partial charge in [-0.3, -0.25) is 4.79 Å². The van der Waals surface area contributed by atoms with E-state index >= 15 is 0 Å². The largest absolute Gasteiger partial charge is 0.395 e. The second-order valence-corrected chi connectivity index (χ2v) is 4.13. The van der Waals surface area contributed by atoms with Gasteiger partial charge in [-0.05, 0) is 13.3 Å². The molecular formula is C11H24N2O3. The molecule has 0 saturated carbocycles. The molecule has 0 aliphatic rings. The predicted octanol–water partition coefficient (Wildman–Crippen LogP) is -0.171. The first kappa shape index (κ1) is 15.3. The van der Waals surface area contributed by atoms with Crippen LogP contribution in [0.4, 0.5) is 0 Å². The van der Waals surface area contributed by atoms with Crippen LogP contribution in [0.5, 0.6) is 0 Å². The number of rotatable bonds is 8. The average Bonchev–Trinajstić information content (AvgIpc) is 2.32. The first-order chi connectivity index (χ1) is 7.55. The van der Waals surface area contributed by atoms with Crippen LogP contribution in [0.15, 0.2) is 0 Å². The van der Waals surface area contributed by atoms with Crippen molar-refractivity contribution >= 4 is 5.91 Å². The van der Waals surface area contributed by atoms with E-state index in [4.69, 9.17) is 15.6 Å². The van der Waals surface area contributed by atoms with Gasteiger partial charge in [0.05, 0.1) is 18.6 Å². The van der Waals surface area contributed by atoms with Gasteiger partial charge in [0, 0.05) is 26.7 Å². The first-order valence-electron chi connectivity index (χ1n) is 5.65. The second-order valence-electron chi connectivity index (χ2n) is 4.13. The Morgan fingerprint density at radius 3 is 2.50 bits per heavy atom. The fourth-order valence-electron chi connectivity index (χ4n) is 1.40. The summed E-state index contributed by atoms with van der Waals surface area (Å²) in [5.74, 6) is -0.0106. The van der Waals surface area contributed by atoms with E-state index in [0.717, 1.165) is 0 Å². The minimum atomic E-state index is -0.539. The highest BCUT2D eigenvalue weighted by Gasteiger charge is 2.33. The molecule has 3 N–H and O–H groups in total. The van der Waals surface area contributed by atoms with Gasteiger partial charge in [-0.1, -0.05) is 6.92 Å². The van der Waals surface area contributed by atoms with Crippen LogP contribution >= 0.6 is 0 Å².